The summed E-state index contributed by atoms with van der Waals surface area (Å²) in [5, 5.41) is 6.33. The van der Waals surface area contributed by atoms with Gasteiger partial charge in [0.25, 0.3) is 5.91 Å². The molecule has 0 saturated heterocycles. The van der Waals surface area contributed by atoms with Crippen molar-refractivity contribution in [3.05, 3.63) is 79.0 Å². The summed E-state index contributed by atoms with van der Waals surface area (Å²) in [4.78, 5) is 39.2. The first kappa shape index (κ1) is 25.0. The van der Waals surface area contributed by atoms with Gasteiger partial charge in [0.1, 0.15) is 5.75 Å². The Labute approximate surface area is 226 Å². The summed E-state index contributed by atoms with van der Waals surface area (Å²) >= 11 is 7.17. The molecule has 5 rings (SSSR count). The molecular weight excluding hydrogens is 588 g/mol. The van der Waals surface area contributed by atoms with Crippen LogP contribution in [0.4, 0.5) is 5.69 Å². The highest BCUT2D eigenvalue weighted by atomic mass is 79.9. The van der Waals surface area contributed by atoms with E-state index in [2.05, 4.69) is 42.5 Å². The van der Waals surface area contributed by atoms with Crippen LogP contribution in [-0.2, 0) is 14.4 Å². The molecule has 2 aliphatic carbocycles. The molecule has 8 heteroatoms. The van der Waals surface area contributed by atoms with Crippen LogP contribution in [0.25, 0.3) is 0 Å². The Morgan fingerprint density at radius 2 is 1.64 bits per heavy atom. The molecule has 0 unspecified atom stereocenters. The predicted octanol–water partition coefficient (Wildman–Crippen LogP) is 6.24. The highest BCUT2D eigenvalue weighted by Crippen LogP contribution is 2.49. The van der Waals surface area contributed by atoms with Gasteiger partial charge >= 0.3 is 0 Å². The molecule has 1 amide bonds. The number of para-hydroxylation sites is 1. The van der Waals surface area contributed by atoms with Crippen molar-refractivity contribution < 1.29 is 19.1 Å². The smallest absolute Gasteiger partial charge is 0.262 e. The number of halogens is 2. The summed E-state index contributed by atoms with van der Waals surface area (Å²) in [6.45, 7) is 1.71. The van der Waals surface area contributed by atoms with Gasteiger partial charge in [-0.3, -0.25) is 14.4 Å². The number of nitrogens with one attached hydrogen (secondary N) is 2. The molecule has 0 fully saturated rings. The number of aryl methyl sites for hydroxylation is 1. The third-order valence-corrected chi connectivity index (χ3v) is 7.95. The molecule has 0 saturated carbocycles. The number of ether oxygens (including phenoxy) is 1. The first-order valence-corrected chi connectivity index (χ1v) is 13.7. The Balaban J connectivity index is 1.53. The molecule has 186 valence electrons. The molecule has 6 nitrogen and oxygen atoms in total. The summed E-state index contributed by atoms with van der Waals surface area (Å²) in [7, 11) is 0. The van der Waals surface area contributed by atoms with Gasteiger partial charge in [-0.25, -0.2) is 0 Å². The van der Waals surface area contributed by atoms with Gasteiger partial charge in [-0.15, -0.1) is 0 Å². The molecule has 0 aromatic heterocycles. The Bertz CT molecular complexity index is 1300. The monoisotopic (exact) mass is 612 g/mol. The number of hydrogen-bond acceptors (Lipinski definition) is 5. The number of allylic oxidation sites excluding steroid dienone is 4. The zero-order valence-corrected chi connectivity index (χ0v) is 23.1. The Hall–Kier alpha value is -2.71. The number of carbonyl (C=O) groups is 3. The van der Waals surface area contributed by atoms with Crippen LogP contribution < -0.4 is 15.4 Å². The van der Waals surface area contributed by atoms with Gasteiger partial charge in [-0.1, -0.05) is 34.1 Å². The SMILES string of the molecule is Cc1ccccc1NC(=O)COc1c(Br)cc(Br)cc1C1C2=C(CCCC2=O)NC2=C1C(=O)CCC2. The van der Waals surface area contributed by atoms with Gasteiger partial charge in [-0.2, -0.15) is 0 Å². The average molecular weight is 614 g/mol. The zero-order valence-electron chi connectivity index (χ0n) is 19.9. The van der Waals surface area contributed by atoms with E-state index in [0.717, 1.165) is 52.8 Å². The fourth-order valence-corrected chi connectivity index (χ4v) is 6.65. The summed E-state index contributed by atoms with van der Waals surface area (Å²) < 4.78 is 7.54. The Kier molecular flexibility index (Phi) is 7.17. The van der Waals surface area contributed by atoms with E-state index < -0.39 is 5.92 Å². The number of dihydropyridines is 1. The van der Waals surface area contributed by atoms with Gasteiger partial charge in [0.2, 0.25) is 0 Å². The van der Waals surface area contributed by atoms with Gasteiger partial charge < -0.3 is 15.4 Å². The number of rotatable bonds is 5. The number of hydrogen-bond donors (Lipinski definition) is 2. The van der Waals surface area contributed by atoms with Crippen LogP contribution >= 0.6 is 31.9 Å². The normalized spacial score (nSPS) is 18.0. The number of Topliss-reactive ketones (excluding diaryl/α,β-unsaturated/α-hetero) is 2. The van der Waals surface area contributed by atoms with E-state index in [1.54, 1.807) is 0 Å². The predicted molar refractivity (Wildman–Crippen MR) is 145 cm³/mol. The average Bonchev–Trinajstić information content (AvgIpc) is 2.83. The highest BCUT2D eigenvalue weighted by molar-refractivity contribution is 9.11. The summed E-state index contributed by atoms with van der Waals surface area (Å²) in [6.07, 6.45) is 4.03. The number of anilines is 1. The number of benzene rings is 2. The first-order valence-electron chi connectivity index (χ1n) is 12.1. The minimum absolute atomic E-state index is 0.0537. The van der Waals surface area contributed by atoms with Crippen molar-refractivity contribution in [2.24, 2.45) is 0 Å². The lowest BCUT2D eigenvalue weighted by molar-refractivity contribution is -0.119. The Morgan fingerprint density at radius 3 is 2.28 bits per heavy atom. The molecule has 2 N–H and O–H groups in total. The van der Waals surface area contributed by atoms with Crippen LogP contribution in [0.15, 0.2) is 67.9 Å². The van der Waals surface area contributed by atoms with E-state index in [-0.39, 0.29) is 24.1 Å². The molecule has 0 spiro atoms. The van der Waals surface area contributed by atoms with Crippen LogP contribution in [0.5, 0.6) is 5.75 Å². The van der Waals surface area contributed by atoms with E-state index in [4.69, 9.17) is 4.74 Å². The van der Waals surface area contributed by atoms with Crippen molar-refractivity contribution in [2.75, 3.05) is 11.9 Å². The van der Waals surface area contributed by atoms with Crippen LogP contribution in [0.2, 0.25) is 0 Å². The van der Waals surface area contributed by atoms with Crippen LogP contribution in [-0.4, -0.2) is 24.1 Å². The van der Waals surface area contributed by atoms with Crippen LogP contribution in [0, 0.1) is 6.92 Å². The van der Waals surface area contributed by atoms with Gasteiger partial charge in [-0.05, 0) is 72.3 Å². The van der Waals surface area contributed by atoms with E-state index in [1.165, 1.54) is 0 Å². The minimum atomic E-state index is -0.528. The van der Waals surface area contributed by atoms with E-state index in [0.29, 0.717) is 39.8 Å². The van der Waals surface area contributed by atoms with Crippen molar-refractivity contribution in [2.45, 2.75) is 51.4 Å². The molecule has 1 aliphatic heterocycles. The fraction of sp³-hybridized carbons (Fsp3) is 0.321. The minimum Gasteiger partial charge on any atom is -0.482 e. The van der Waals surface area contributed by atoms with E-state index in [1.807, 2.05) is 43.3 Å². The van der Waals surface area contributed by atoms with Crippen LogP contribution in [0.3, 0.4) is 0 Å². The summed E-state index contributed by atoms with van der Waals surface area (Å²) in [6, 6.07) is 11.3. The van der Waals surface area contributed by atoms with Gasteiger partial charge in [0.05, 0.1) is 4.47 Å². The second kappa shape index (κ2) is 10.3. The maximum atomic E-state index is 13.2. The van der Waals surface area contributed by atoms with Crippen molar-refractivity contribution in [3.63, 3.8) is 0 Å². The molecular formula is C28H26Br2N2O4. The fourth-order valence-electron chi connectivity index (χ4n) is 5.28. The molecule has 0 radical (unpaired) electrons. The zero-order chi connectivity index (χ0) is 25.4. The molecule has 2 aromatic carbocycles. The molecule has 3 aliphatic rings. The van der Waals surface area contributed by atoms with E-state index >= 15 is 0 Å². The second-order valence-corrected chi connectivity index (χ2v) is 11.1. The summed E-state index contributed by atoms with van der Waals surface area (Å²) in [5.41, 5.74) is 5.49. The molecule has 0 atom stereocenters. The largest absolute Gasteiger partial charge is 0.482 e. The topological polar surface area (TPSA) is 84.5 Å². The number of amides is 1. The maximum Gasteiger partial charge on any atom is 0.262 e. The molecule has 36 heavy (non-hydrogen) atoms. The quantitative estimate of drug-likeness (QED) is 0.417. The Morgan fingerprint density at radius 1 is 1.00 bits per heavy atom. The standard InChI is InChI=1S/C28H26Br2N2O4/c1-15-6-2-3-7-19(15)32-24(35)14-36-28-17(12-16(29)13-18(28)30)25-26-20(8-4-10-22(26)33)31-21-9-5-11-23(34)27(21)25/h2-3,6-7,12-13,25,31H,4-5,8-11,14H2,1H3,(H,32,35). The molecule has 1 heterocycles. The highest BCUT2D eigenvalue weighted by Gasteiger charge is 2.41. The number of ketones is 2. The second-order valence-electron chi connectivity index (χ2n) is 9.35. The number of carbonyl (C=O) groups excluding carboxylic acids is 3. The summed E-state index contributed by atoms with van der Waals surface area (Å²) in [5.74, 6) is -0.255. The van der Waals surface area contributed by atoms with Gasteiger partial charge in [0.15, 0.2) is 18.2 Å². The lowest BCUT2D eigenvalue weighted by Gasteiger charge is -2.37. The van der Waals surface area contributed by atoms with Crippen LogP contribution in [0.1, 0.15) is 55.6 Å². The molecule has 2 aromatic rings. The van der Waals surface area contributed by atoms with Gasteiger partial charge in [0, 0.05) is 57.0 Å². The van der Waals surface area contributed by atoms with Crippen molar-refractivity contribution in [3.8, 4) is 5.75 Å². The van der Waals surface area contributed by atoms with Crippen molar-refractivity contribution in [1.29, 1.82) is 0 Å². The lowest BCUT2D eigenvalue weighted by atomic mass is 9.71. The lowest BCUT2D eigenvalue weighted by Crippen LogP contribution is -2.36. The van der Waals surface area contributed by atoms with Crippen molar-refractivity contribution >= 4 is 55.0 Å². The van der Waals surface area contributed by atoms with Crippen molar-refractivity contribution in [1.82, 2.24) is 5.32 Å². The third-order valence-electron chi connectivity index (χ3n) is 6.91. The third kappa shape index (κ3) is 4.81. The first-order chi connectivity index (χ1) is 17.3. The maximum absolute atomic E-state index is 13.2. The van der Waals surface area contributed by atoms with E-state index in [9.17, 15) is 14.4 Å². The molecule has 0 bridgehead atoms.